The lowest BCUT2D eigenvalue weighted by Crippen LogP contribution is -2.44. The van der Waals surface area contributed by atoms with Crippen LogP contribution in [0.5, 0.6) is 0 Å². The Balaban J connectivity index is 2.53. The highest BCUT2D eigenvalue weighted by Crippen LogP contribution is 2.37. The Morgan fingerprint density at radius 3 is 2.21 bits per heavy atom. The first-order valence-corrected chi connectivity index (χ1v) is 5.66. The Hall–Kier alpha value is -0.0800. The molecule has 1 aliphatic heterocycles. The van der Waals surface area contributed by atoms with Gasteiger partial charge in [-0.05, 0) is 46.6 Å². The molecule has 84 valence electrons. The highest BCUT2D eigenvalue weighted by atomic mass is 16.5. The number of nitrogens with one attached hydrogen (secondary N) is 1. The molecule has 1 saturated heterocycles. The second-order valence-electron chi connectivity index (χ2n) is 6.02. The first-order valence-electron chi connectivity index (χ1n) is 5.66. The second kappa shape index (κ2) is 3.82. The molecule has 1 fully saturated rings. The minimum atomic E-state index is -0.0294. The molecule has 14 heavy (non-hydrogen) atoms. The molecule has 1 atom stereocenters. The van der Waals surface area contributed by atoms with Crippen molar-refractivity contribution in [2.45, 2.75) is 65.2 Å². The van der Waals surface area contributed by atoms with Gasteiger partial charge < -0.3 is 10.1 Å². The van der Waals surface area contributed by atoms with Gasteiger partial charge in [0.2, 0.25) is 0 Å². The minimum Gasteiger partial charge on any atom is -0.368 e. The lowest BCUT2D eigenvalue weighted by atomic mass is 9.94. The largest absolute Gasteiger partial charge is 0.368 e. The van der Waals surface area contributed by atoms with Crippen LogP contribution in [0, 0.1) is 5.92 Å². The maximum atomic E-state index is 6.02. The molecule has 0 radical (unpaired) electrons. The molecular formula is C12H25NO. The zero-order valence-corrected chi connectivity index (χ0v) is 10.5. The van der Waals surface area contributed by atoms with E-state index >= 15 is 0 Å². The van der Waals surface area contributed by atoms with Crippen LogP contribution in [-0.2, 0) is 4.74 Å². The molecular weight excluding hydrogens is 174 g/mol. The molecule has 1 N–H and O–H groups in total. The number of ether oxygens (including phenoxy) is 1. The Labute approximate surface area is 88.4 Å². The fraction of sp³-hybridized carbons (Fsp3) is 1.00. The van der Waals surface area contributed by atoms with Gasteiger partial charge in [0.25, 0.3) is 0 Å². The Morgan fingerprint density at radius 1 is 1.29 bits per heavy atom. The minimum absolute atomic E-state index is 0.0259. The van der Waals surface area contributed by atoms with Crippen molar-refractivity contribution in [1.82, 2.24) is 5.32 Å². The molecule has 1 heterocycles. The van der Waals surface area contributed by atoms with Crippen molar-refractivity contribution in [2.24, 2.45) is 5.92 Å². The zero-order chi connectivity index (χ0) is 11.0. The van der Waals surface area contributed by atoms with E-state index in [0.29, 0.717) is 12.0 Å². The summed E-state index contributed by atoms with van der Waals surface area (Å²) in [7, 11) is 0. The van der Waals surface area contributed by atoms with Crippen molar-refractivity contribution >= 4 is 0 Å². The van der Waals surface area contributed by atoms with Crippen LogP contribution in [0.25, 0.3) is 0 Å². The third-order valence-corrected chi connectivity index (χ3v) is 2.85. The van der Waals surface area contributed by atoms with E-state index in [-0.39, 0.29) is 11.2 Å². The van der Waals surface area contributed by atoms with Crippen molar-refractivity contribution in [3.05, 3.63) is 0 Å². The van der Waals surface area contributed by atoms with E-state index in [9.17, 15) is 0 Å². The number of rotatable bonds is 3. The summed E-state index contributed by atoms with van der Waals surface area (Å²) >= 11 is 0. The SMILES string of the molecule is CC(C)CNC1CC(C)(C)OC1(C)C. The first-order chi connectivity index (χ1) is 6.23. The average molecular weight is 199 g/mol. The van der Waals surface area contributed by atoms with Crippen LogP contribution in [0.15, 0.2) is 0 Å². The molecule has 0 amide bonds. The van der Waals surface area contributed by atoms with Gasteiger partial charge in [0.15, 0.2) is 0 Å². The topological polar surface area (TPSA) is 21.3 Å². The van der Waals surface area contributed by atoms with Crippen molar-refractivity contribution in [1.29, 1.82) is 0 Å². The predicted molar refractivity (Wildman–Crippen MR) is 60.5 cm³/mol. The van der Waals surface area contributed by atoms with Crippen LogP contribution in [0.3, 0.4) is 0 Å². The maximum absolute atomic E-state index is 6.02. The molecule has 1 aliphatic rings. The van der Waals surface area contributed by atoms with E-state index in [0.717, 1.165) is 13.0 Å². The molecule has 0 bridgehead atoms. The van der Waals surface area contributed by atoms with Crippen LogP contribution in [0.1, 0.15) is 48.0 Å². The predicted octanol–water partition coefficient (Wildman–Crippen LogP) is 2.58. The number of hydrogen-bond donors (Lipinski definition) is 1. The summed E-state index contributed by atoms with van der Waals surface area (Å²) in [5.41, 5.74) is -0.00344. The van der Waals surface area contributed by atoms with Crippen LogP contribution >= 0.6 is 0 Å². The van der Waals surface area contributed by atoms with Crippen molar-refractivity contribution in [2.75, 3.05) is 6.54 Å². The van der Waals surface area contributed by atoms with Gasteiger partial charge in [-0.25, -0.2) is 0 Å². The van der Waals surface area contributed by atoms with E-state index in [1.165, 1.54) is 0 Å². The summed E-state index contributed by atoms with van der Waals surface area (Å²) in [6.07, 6.45) is 1.10. The van der Waals surface area contributed by atoms with Crippen molar-refractivity contribution in [3.8, 4) is 0 Å². The molecule has 1 rings (SSSR count). The first kappa shape index (κ1) is 12.0. The Morgan fingerprint density at radius 2 is 1.86 bits per heavy atom. The third-order valence-electron chi connectivity index (χ3n) is 2.85. The van der Waals surface area contributed by atoms with E-state index in [1.54, 1.807) is 0 Å². The highest BCUT2D eigenvalue weighted by Gasteiger charge is 2.45. The summed E-state index contributed by atoms with van der Waals surface area (Å²) in [6, 6.07) is 0.486. The summed E-state index contributed by atoms with van der Waals surface area (Å²) in [5, 5.41) is 3.60. The summed E-state index contributed by atoms with van der Waals surface area (Å²) in [6.45, 7) is 14.3. The monoisotopic (exact) mass is 199 g/mol. The van der Waals surface area contributed by atoms with E-state index < -0.39 is 0 Å². The smallest absolute Gasteiger partial charge is 0.0787 e. The standard InChI is InChI=1S/C12H25NO/c1-9(2)8-13-10-7-11(3,4)14-12(10,5)6/h9-10,13H,7-8H2,1-6H3. The van der Waals surface area contributed by atoms with Gasteiger partial charge in [0.05, 0.1) is 11.2 Å². The van der Waals surface area contributed by atoms with Gasteiger partial charge in [-0.15, -0.1) is 0 Å². The van der Waals surface area contributed by atoms with E-state index in [4.69, 9.17) is 4.74 Å². The van der Waals surface area contributed by atoms with Crippen LogP contribution in [0.4, 0.5) is 0 Å². The van der Waals surface area contributed by atoms with Crippen molar-refractivity contribution in [3.63, 3.8) is 0 Å². The highest BCUT2D eigenvalue weighted by molar-refractivity contribution is 4.98. The fourth-order valence-corrected chi connectivity index (χ4v) is 2.26. The summed E-state index contributed by atoms with van der Waals surface area (Å²) < 4.78 is 6.02. The Bertz CT molecular complexity index is 196. The lowest BCUT2D eigenvalue weighted by Gasteiger charge is -2.28. The van der Waals surface area contributed by atoms with Gasteiger partial charge in [0, 0.05) is 6.04 Å². The lowest BCUT2D eigenvalue weighted by molar-refractivity contribution is -0.0699. The molecule has 2 nitrogen and oxygen atoms in total. The van der Waals surface area contributed by atoms with E-state index in [1.807, 2.05) is 0 Å². The van der Waals surface area contributed by atoms with Gasteiger partial charge in [-0.3, -0.25) is 0 Å². The summed E-state index contributed by atoms with van der Waals surface area (Å²) in [5.74, 6) is 0.703. The van der Waals surface area contributed by atoms with Crippen LogP contribution in [-0.4, -0.2) is 23.8 Å². The van der Waals surface area contributed by atoms with Gasteiger partial charge >= 0.3 is 0 Å². The van der Waals surface area contributed by atoms with Crippen molar-refractivity contribution < 1.29 is 4.74 Å². The third kappa shape index (κ3) is 2.96. The number of hydrogen-bond acceptors (Lipinski definition) is 2. The average Bonchev–Trinajstić information content (AvgIpc) is 2.14. The zero-order valence-electron chi connectivity index (χ0n) is 10.5. The van der Waals surface area contributed by atoms with Gasteiger partial charge in [-0.2, -0.15) is 0 Å². The molecule has 0 aromatic rings. The summed E-state index contributed by atoms with van der Waals surface area (Å²) in [4.78, 5) is 0. The molecule has 0 aromatic carbocycles. The van der Waals surface area contributed by atoms with Crippen LogP contribution < -0.4 is 5.32 Å². The molecule has 2 heteroatoms. The molecule has 1 unspecified atom stereocenters. The fourth-order valence-electron chi connectivity index (χ4n) is 2.26. The normalized spacial score (nSPS) is 29.8. The maximum Gasteiger partial charge on any atom is 0.0787 e. The Kier molecular flexibility index (Phi) is 3.27. The van der Waals surface area contributed by atoms with Gasteiger partial charge in [-0.1, -0.05) is 13.8 Å². The van der Waals surface area contributed by atoms with E-state index in [2.05, 4.69) is 46.9 Å². The molecule has 0 spiro atoms. The quantitative estimate of drug-likeness (QED) is 0.754. The van der Waals surface area contributed by atoms with Crippen LogP contribution in [0.2, 0.25) is 0 Å². The van der Waals surface area contributed by atoms with Gasteiger partial charge in [0.1, 0.15) is 0 Å². The molecule has 0 aromatic heterocycles. The molecule has 0 saturated carbocycles. The molecule has 0 aliphatic carbocycles. The second-order valence-corrected chi connectivity index (χ2v) is 6.02.